The van der Waals surface area contributed by atoms with Gasteiger partial charge in [-0.2, -0.15) is 0 Å². The number of fused-ring (bicyclic) bond motifs is 3. The SMILES string of the molecule is C=C1C2CC3C(C(C)C)C(OC(=O)Nc4ccc(F)cc4)CC3(C)CC2/C(C)=C\CC2C(C)OC(=O)C(O)C12O. The van der Waals surface area contributed by atoms with Crippen LogP contribution in [0.5, 0.6) is 0 Å². The molecular weight excluding hydrogens is 513 g/mol. The Balaban J connectivity index is 1.44. The zero-order valence-corrected chi connectivity index (χ0v) is 24.0. The number of anilines is 1. The molecular formula is C32H42FNO6. The number of hydrogen-bond donors (Lipinski definition) is 3. The number of carbonyl (C=O) groups excluding carboxylic acids is 2. The molecule has 1 aromatic rings. The molecule has 0 radical (unpaired) electrons. The van der Waals surface area contributed by atoms with Gasteiger partial charge in [0.1, 0.15) is 23.6 Å². The minimum Gasteiger partial charge on any atom is -0.460 e. The van der Waals surface area contributed by atoms with Crippen molar-refractivity contribution in [2.45, 2.75) is 84.2 Å². The second kappa shape index (κ2) is 10.3. The quantitative estimate of drug-likeness (QED) is 0.330. The molecule has 7 nitrogen and oxygen atoms in total. The molecule has 0 aromatic heterocycles. The Labute approximate surface area is 235 Å². The van der Waals surface area contributed by atoms with Crippen molar-refractivity contribution in [2.24, 2.45) is 40.9 Å². The lowest BCUT2D eigenvalue weighted by Crippen LogP contribution is -2.63. The molecule has 1 heterocycles. The van der Waals surface area contributed by atoms with Crippen molar-refractivity contribution < 1.29 is 33.7 Å². The molecule has 3 N–H and O–H groups in total. The first-order valence-electron chi connectivity index (χ1n) is 14.5. The van der Waals surface area contributed by atoms with Gasteiger partial charge in [-0.15, -0.1) is 0 Å². The number of benzene rings is 1. The van der Waals surface area contributed by atoms with Crippen LogP contribution in [-0.2, 0) is 14.3 Å². The van der Waals surface area contributed by atoms with Crippen LogP contribution in [0.25, 0.3) is 0 Å². The highest BCUT2D eigenvalue weighted by Crippen LogP contribution is 2.63. The van der Waals surface area contributed by atoms with E-state index in [9.17, 15) is 24.2 Å². The van der Waals surface area contributed by atoms with E-state index in [-0.39, 0.29) is 46.9 Å². The van der Waals surface area contributed by atoms with Gasteiger partial charge in [-0.25, -0.2) is 14.0 Å². The molecule has 0 bridgehead atoms. The lowest BCUT2D eigenvalue weighted by atomic mass is 9.53. The molecule has 8 heteroatoms. The second-order valence-electron chi connectivity index (χ2n) is 13.2. The molecule has 40 heavy (non-hydrogen) atoms. The first-order chi connectivity index (χ1) is 18.8. The summed E-state index contributed by atoms with van der Waals surface area (Å²) in [7, 11) is 0. The van der Waals surface area contributed by atoms with Crippen molar-refractivity contribution in [3.05, 3.63) is 53.9 Å². The summed E-state index contributed by atoms with van der Waals surface area (Å²) in [5, 5.41) is 25.7. The number of aliphatic hydroxyl groups excluding tert-OH is 1. The maximum Gasteiger partial charge on any atom is 0.411 e. The lowest BCUT2D eigenvalue weighted by molar-refractivity contribution is -0.209. The number of aliphatic hydroxyl groups is 2. The van der Waals surface area contributed by atoms with Crippen molar-refractivity contribution in [3.8, 4) is 0 Å². The molecule has 2 saturated carbocycles. The van der Waals surface area contributed by atoms with Crippen molar-refractivity contribution in [2.75, 3.05) is 5.32 Å². The molecule has 10 unspecified atom stereocenters. The number of esters is 1. The van der Waals surface area contributed by atoms with E-state index in [1.807, 2.05) is 0 Å². The summed E-state index contributed by atoms with van der Waals surface area (Å²) in [6.45, 7) is 14.8. The topological polar surface area (TPSA) is 105 Å². The minimum absolute atomic E-state index is 0.0676. The van der Waals surface area contributed by atoms with Gasteiger partial charge in [-0.3, -0.25) is 5.32 Å². The van der Waals surface area contributed by atoms with E-state index >= 15 is 0 Å². The summed E-state index contributed by atoms with van der Waals surface area (Å²) >= 11 is 0. The molecule has 1 aromatic carbocycles. The van der Waals surface area contributed by atoms with Gasteiger partial charge >= 0.3 is 12.1 Å². The van der Waals surface area contributed by atoms with E-state index < -0.39 is 35.8 Å². The molecule has 5 rings (SSSR count). The van der Waals surface area contributed by atoms with Crippen LogP contribution in [-0.4, -0.2) is 46.2 Å². The highest BCUT2D eigenvalue weighted by molar-refractivity contribution is 5.84. The molecule has 1 amide bonds. The van der Waals surface area contributed by atoms with Crippen LogP contribution in [0.1, 0.15) is 60.3 Å². The third-order valence-electron chi connectivity index (χ3n) is 10.6. The third-order valence-corrected chi connectivity index (χ3v) is 10.6. The van der Waals surface area contributed by atoms with E-state index in [1.54, 1.807) is 6.92 Å². The van der Waals surface area contributed by atoms with Crippen molar-refractivity contribution >= 4 is 17.7 Å². The molecule has 218 valence electrons. The van der Waals surface area contributed by atoms with Crippen LogP contribution in [0.15, 0.2) is 48.1 Å². The van der Waals surface area contributed by atoms with E-state index in [2.05, 4.69) is 45.7 Å². The molecule has 1 saturated heterocycles. The molecule has 4 aliphatic rings. The lowest BCUT2D eigenvalue weighted by Gasteiger charge is -2.54. The van der Waals surface area contributed by atoms with Gasteiger partial charge in [0, 0.05) is 17.5 Å². The van der Waals surface area contributed by atoms with Gasteiger partial charge in [-0.1, -0.05) is 39.0 Å². The average molecular weight is 556 g/mol. The van der Waals surface area contributed by atoms with Crippen molar-refractivity contribution in [3.63, 3.8) is 0 Å². The number of allylic oxidation sites excluding steroid dienone is 2. The minimum atomic E-state index is -1.78. The Kier molecular flexibility index (Phi) is 7.41. The van der Waals surface area contributed by atoms with Gasteiger partial charge in [0.2, 0.25) is 0 Å². The predicted molar refractivity (Wildman–Crippen MR) is 149 cm³/mol. The monoisotopic (exact) mass is 555 g/mol. The average Bonchev–Trinajstić information content (AvgIpc) is 3.17. The molecule has 10 atom stereocenters. The fourth-order valence-electron chi connectivity index (χ4n) is 8.54. The van der Waals surface area contributed by atoms with Crippen LogP contribution in [0.3, 0.4) is 0 Å². The van der Waals surface area contributed by atoms with Crippen LogP contribution in [0.2, 0.25) is 0 Å². The summed E-state index contributed by atoms with van der Waals surface area (Å²) in [6.07, 6.45) is 1.72. The third kappa shape index (κ3) is 4.67. The van der Waals surface area contributed by atoms with Crippen LogP contribution < -0.4 is 5.32 Å². The standard InChI is InChI=1S/C32H42FNO6/c1-16(2)27-25-13-22-18(4)32(38)24(19(5)39-29(36)28(32)35)12-7-17(3)23(22)14-31(25,6)15-26(27)40-30(37)34-21-10-8-20(33)9-11-21/h7-11,16,19,22-28,35,38H,4,12-15H2,1-3,5-6H3,(H,34,37)/b17-7-. The molecule has 0 spiro atoms. The fourth-order valence-corrected chi connectivity index (χ4v) is 8.54. The van der Waals surface area contributed by atoms with Gasteiger partial charge in [0.25, 0.3) is 0 Å². The summed E-state index contributed by atoms with van der Waals surface area (Å²) in [6, 6.07) is 5.57. The van der Waals surface area contributed by atoms with Crippen molar-refractivity contribution in [1.82, 2.24) is 0 Å². The highest BCUT2D eigenvalue weighted by atomic mass is 19.1. The summed E-state index contributed by atoms with van der Waals surface area (Å²) in [5.74, 6) is -1.29. The molecule has 3 fully saturated rings. The zero-order valence-electron chi connectivity index (χ0n) is 24.0. The summed E-state index contributed by atoms with van der Waals surface area (Å²) in [4.78, 5) is 25.5. The second-order valence-corrected chi connectivity index (χ2v) is 13.2. The maximum absolute atomic E-state index is 13.3. The van der Waals surface area contributed by atoms with E-state index in [4.69, 9.17) is 9.47 Å². The number of halogens is 1. The van der Waals surface area contributed by atoms with Gasteiger partial charge in [0.15, 0.2) is 6.10 Å². The van der Waals surface area contributed by atoms with Crippen LogP contribution >= 0.6 is 0 Å². The Morgan fingerprint density at radius 1 is 1.20 bits per heavy atom. The van der Waals surface area contributed by atoms with Gasteiger partial charge < -0.3 is 19.7 Å². The summed E-state index contributed by atoms with van der Waals surface area (Å²) in [5.41, 5.74) is 0.288. The Hall–Kier alpha value is -2.71. The molecule has 3 aliphatic carbocycles. The highest BCUT2D eigenvalue weighted by Gasteiger charge is 2.62. The van der Waals surface area contributed by atoms with Gasteiger partial charge in [-0.05, 0) is 98.5 Å². The Morgan fingerprint density at radius 2 is 1.88 bits per heavy atom. The number of amides is 1. The normalized spacial score (nSPS) is 42.4. The van der Waals surface area contributed by atoms with Crippen LogP contribution in [0, 0.1) is 46.7 Å². The first kappa shape index (κ1) is 28.8. The first-order valence-corrected chi connectivity index (χ1v) is 14.5. The van der Waals surface area contributed by atoms with E-state index in [0.29, 0.717) is 30.5 Å². The maximum atomic E-state index is 13.3. The fraction of sp³-hybridized carbons (Fsp3) is 0.625. The van der Waals surface area contributed by atoms with Gasteiger partial charge in [0.05, 0.1) is 0 Å². The predicted octanol–water partition coefficient (Wildman–Crippen LogP) is 5.63. The Bertz CT molecular complexity index is 1210. The van der Waals surface area contributed by atoms with E-state index in [0.717, 1.165) is 6.42 Å². The number of cyclic esters (lactones) is 1. The van der Waals surface area contributed by atoms with E-state index in [1.165, 1.54) is 29.8 Å². The Morgan fingerprint density at radius 3 is 2.52 bits per heavy atom. The number of carbonyl (C=O) groups is 2. The number of nitrogens with one attached hydrogen (secondary N) is 1. The number of ether oxygens (including phenoxy) is 2. The smallest absolute Gasteiger partial charge is 0.411 e. The van der Waals surface area contributed by atoms with Crippen molar-refractivity contribution in [1.29, 1.82) is 0 Å². The largest absolute Gasteiger partial charge is 0.460 e. The molecule has 1 aliphatic heterocycles. The van der Waals surface area contributed by atoms with Crippen LogP contribution in [0.4, 0.5) is 14.9 Å². The zero-order chi connectivity index (χ0) is 29.1. The number of rotatable bonds is 3. The summed E-state index contributed by atoms with van der Waals surface area (Å²) < 4.78 is 24.7. The number of hydrogen-bond acceptors (Lipinski definition) is 6.